The van der Waals surface area contributed by atoms with Crippen molar-refractivity contribution < 1.29 is 14.7 Å². The quantitative estimate of drug-likeness (QED) is 0.384. The van der Waals surface area contributed by atoms with Crippen molar-refractivity contribution in [2.75, 3.05) is 5.32 Å². The minimum absolute atomic E-state index is 0.0334. The van der Waals surface area contributed by atoms with Crippen molar-refractivity contribution in [3.8, 4) is 5.75 Å². The number of phenolic OH excluding ortho intramolecular Hbond substituents is 1. The first-order valence-corrected chi connectivity index (χ1v) is 10.2. The van der Waals surface area contributed by atoms with Gasteiger partial charge in [-0.05, 0) is 53.6 Å². The molecule has 0 aliphatic rings. The molecular formula is C27H22N2O3. The van der Waals surface area contributed by atoms with E-state index in [2.05, 4.69) is 10.6 Å². The Morgan fingerprint density at radius 1 is 0.844 bits per heavy atom. The number of hydrogen-bond donors (Lipinski definition) is 3. The summed E-state index contributed by atoms with van der Waals surface area (Å²) in [5.41, 5.74) is 2.80. The molecule has 0 aromatic heterocycles. The molecule has 158 valence electrons. The summed E-state index contributed by atoms with van der Waals surface area (Å²) >= 11 is 0. The maximum atomic E-state index is 13.1. The summed E-state index contributed by atoms with van der Waals surface area (Å²) in [5, 5.41) is 17.2. The Morgan fingerprint density at radius 3 is 2.34 bits per heavy atom. The van der Waals surface area contributed by atoms with E-state index >= 15 is 0 Å². The molecule has 2 amide bonds. The molecule has 0 radical (unpaired) electrons. The third-order valence-electron chi connectivity index (χ3n) is 5.03. The Morgan fingerprint density at radius 2 is 1.56 bits per heavy atom. The largest absolute Gasteiger partial charge is 0.508 e. The second kappa shape index (κ2) is 9.18. The van der Waals surface area contributed by atoms with Crippen molar-refractivity contribution in [3.05, 3.63) is 113 Å². The lowest BCUT2D eigenvalue weighted by Gasteiger charge is -2.12. The normalized spacial score (nSPS) is 11.2. The number of carbonyl (C=O) groups excluding carboxylic acids is 2. The molecule has 3 N–H and O–H groups in total. The van der Waals surface area contributed by atoms with E-state index in [0.29, 0.717) is 11.3 Å². The predicted molar refractivity (Wildman–Crippen MR) is 127 cm³/mol. The first kappa shape index (κ1) is 20.9. The number of phenols is 1. The van der Waals surface area contributed by atoms with Crippen LogP contribution in [0.4, 0.5) is 5.69 Å². The van der Waals surface area contributed by atoms with Gasteiger partial charge in [0.2, 0.25) is 0 Å². The summed E-state index contributed by atoms with van der Waals surface area (Å²) in [6.07, 6.45) is 1.66. The van der Waals surface area contributed by atoms with Crippen molar-refractivity contribution in [3.63, 3.8) is 0 Å². The summed E-state index contributed by atoms with van der Waals surface area (Å²) in [6.45, 7) is 1.94. The lowest BCUT2D eigenvalue weighted by Crippen LogP contribution is -2.30. The topological polar surface area (TPSA) is 78.4 Å². The molecule has 0 spiro atoms. The van der Waals surface area contributed by atoms with Crippen LogP contribution in [0, 0.1) is 6.92 Å². The molecule has 4 aromatic rings. The van der Waals surface area contributed by atoms with Gasteiger partial charge in [-0.15, -0.1) is 0 Å². The van der Waals surface area contributed by atoms with Crippen molar-refractivity contribution in [1.82, 2.24) is 5.32 Å². The summed E-state index contributed by atoms with van der Waals surface area (Å²) < 4.78 is 0. The van der Waals surface area contributed by atoms with Gasteiger partial charge in [0, 0.05) is 17.3 Å². The minimum atomic E-state index is -0.496. The van der Waals surface area contributed by atoms with Crippen LogP contribution in [0.3, 0.4) is 0 Å². The number of anilines is 1. The molecule has 4 rings (SSSR count). The van der Waals surface area contributed by atoms with Crippen LogP contribution in [0.1, 0.15) is 21.5 Å². The molecule has 0 atom stereocenters. The van der Waals surface area contributed by atoms with E-state index in [9.17, 15) is 14.7 Å². The molecule has 5 heteroatoms. The third-order valence-corrected chi connectivity index (χ3v) is 5.03. The number of carbonyl (C=O) groups is 2. The van der Waals surface area contributed by atoms with Crippen LogP contribution in [-0.2, 0) is 4.79 Å². The van der Waals surface area contributed by atoms with Crippen molar-refractivity contribution in [2.24, 2.45) is 0 Å². The second-order valence-electron chi connectivity index (χ2n) is 7.45. The number of benzene rings is 4. The Labute approximate surface area is 186 Å². The molecule has 5 nitrogen and oxygen atoms in total. The number of aromatic hydroxyl groups is 1. The summed E-state index contributed by atoms with van der Waals surface area (Å²) in [4.78, 5) is 26.0. The van der Waals surface area contributed by atoms with E-state index in [1.165, 1.54) is 12.1 Å². The fraction of sp³-hybridized carbons (Fsp3) is 0.0370. The lowest BCUT2D eigenvalue weighted by atomic mass is 10.0. The number of nitrogens with one attached hydrogen (secondary N) is 2. The van der Waals surface area contributed by atoms with Gasteiger partial charge in [0.1, 0.15) is 11.4 Å². The van der Waals surface area contributed by atoms with Crippen LogP contribution in [0.15, 0.2) is 96.7 Å². The van der Waals surface area contributed by atoms with E-state index < -0.39 is 5.91 Å². The van der Waals surface area contributed by atoms with E-state index in [4.69, 9.17) is 0 Å². The summed E-state index contributed by atoms with van der Waals surface area (Å²) in [5.74, 6) is -0.849. The van der Waals surface area contributed by atoms with E-state index in [0.717, 1.165) is 21.9 Å². The maximum absolute atomic E-state index is 13.1. The number of fused-ring (bicyclic) bond motifs is 1. The van der Waals surface area contributed by atoms with Gasteiger partial charge in [-0.2, -0.15) is 0 Å². The standard InChI is InChI=1S/C27H22N2O3/c1-18-12-14-20(15-13-18)26(31)29-25(27(32)28-22-9-5-10-23(30)17-22)16-21-8-4-7-19-6-2-3-11-24(19)21/h2-17,30H,1H3,(H,28,32)(H,29,31)/b25-16-. The van der Waals surface area contributed by atoms with E-state index in [-0.39, 0.29) is 17.4 Å². The Kier molecular flexibility index (Phi) is 5.99. The van der Waals surface area contributed by atoms with Gasteiger partial charge in [-0.1, -0.05) is 66.2 Å². The van der Waals surface area contributed by atoms with Gasteiger partial charge in [0.25, 0.3) is 11.8 Å². The highest BCUT2D eigenvalue weighted by atomic mass is 16.3. The molecule has 0 saturated heterocycles. The van der Waals surface area contributed by atoms with Crippen molar-refractivity contribution >= 4 is 34.4 Å². The molecule has 0 aliphatic heterocycles. The fourth-order valence-electron chi connectivity index (χ4n) is 3.37. The highest BCUT2D eigenvalue weighted by Crippen LogP contribution is 2.22. The van der Waals surface area contributed by atoms with Crippen LogP contribution in [0.25, 0.3) is 16.8 Å². The average Bonchev–Trinajstić information content (AvgIpc) is 2.79. The van der Waals surface area contributed by atoms with Gasteiger partial charge in [0.05, 0.1) is 0 Å². The monoisotopic (exact) mass is 422 g/mol. The smallest absolute Gasteiger partial charge is 0.272 e. The van der Waals surface area contributed by atoms with E-state index in [1.54, 1.807) is 30.3 Å². The molecule has 0 heterocycles. The number of aryl methyl sites for hydroxylation is 1. The zero-order valence-corrected chi connectivity index (χ0v) is 17.5. The predicted octanol–water partition coefficient (Wildman–Crippen LogP) is 5.26. The molecule has 0 unspecified atom stereocenters. The van der Waals surface area contributed by atoms with Gasteiger partial charge in [0.15, 0.2) is 0 Å². The van der Waals surface area contributed by atoms with Crippen molar-refractivity contribution in [2.45, 2.75) is 6.92 Å². The van der Waals surface area contributed by atoms with Crippen LogP contribution >= 0.6 is 0 Å². The number of rotatable bonds is 5. The maximum Gasteiger partial charge on any atom is 0.272 e. The Bertz CT molecular complexity index is 1320. The highest BCUT2D eigenvalue weighted by molar-refractivity contribution is 6.11. The van der Waals surface area contributed by atoms with Gasteiger partial charge in [-0.25, -0.2) is 0 Å². The second-order valence-corrected chi connectivity index (χ2v) is 7.45. The van der Waals surface area contributed by atoms with Gasteiger partial charge >= 0.3 is 0 Å². The Hall–Kier alpha value is -4.38. The molecule has 0 bridgehead atoms. The molecular weight excluding hydrogens is 400 g/mol. The van der Waals surface area contributed by atoms with Crippen LogP contribution in [0.2, 0.25) is 0 Å². The van der Waals surface area contributed by atoms with E-state index in [1.807, 2.05) is 61.5 Å². The number of amides is 2. The number of hydrogen-bond acceptors (Lipinski definition) is 3. The van der Waals surface area contributed by atoms with Crippen LogP contribution < -0.4 is 10.6 Å². The molecule has 0 saturated carbocycles. The molecule has 0 aliphatic carbocycles. The Balaban J connectivity index is 1.71. The first-order valence-electron chi connectivity index (χ1n) is 10.2. The van der Waals surface area contributed by atoms with Gasteiger partial charge < -0.3 is 15.7 Å². The zero-order chi connectivity index (χ0) is 22.5. The average molecular weight is 422 g/mol. The third kappa shape index (κ3) is 4.84. The van der Waals surface area contributed by atoms with Crippen LogP contribution in [-0.4, -0.2) is 16.9 Å². The summed E-state index contributed by atoms with van der Waals surface area (Å²) in [6, 6.07) is 27.0. The van der Waals surface area contributed by atoms with Crippen LogP contribution in [0.5, 0.6) is 5.75 Å². The zero-order valence-electron chi connectivity index (χ0n) is 17.5. The molecule has 4 aromatic carbocycles. The SMILES string of the molecule is Cc1ccc(C(=O)N/C(=C\c2cccc3ccccc23)C(=O)Nc2cccc(O)c2)cc1. The van der Waals surface area contributed by atoms with Gasteiger partial charge in [-0.3, -0.25) is 9.59 Å². The highest BCUT2D eigenvalue weighted by Gasteiger charge is 2.16. The van der Waals surface area contributed by atoms with Crippen molar-refractivity contribution in [1.29, 1.82) is 0 Å². The molecule has 32 heavy (non-hydrogen) atoms. The summed E-state index contributed by atoms with van der Waals surface area (Å²) in [7, 11) is 0. The minimum Gasteiger partial charge on any atom is -0.508 e. The molecule has 0 fully saturated rings. The fourth-order valence-corrected chi connectivity index (χ4v) is 3.37. The lowest BCUT2D eigenvalue weighted by molar-refractivity contribution is -0.113. The first-order chi connectivity index (χ1) is 15.5.